The van der Waals surface area contributed by atoms with Gasteiger partial charge in [0.15, 0.2) is 0 Å². The highest BCUT2D eigenvalue weighted by molar-refractivity contribution is 9.10. The average Bonchev–Trinajstić information content (AvgIpc) is 2.42. The van der Waals surface area contributed by atoms with Crippen LogP contribution >= 0.6 is 27.5 Å². The molecule has 0 aromatic heterocycles. The first-order chi connectivity index (χ1) is 9.56. The average molecular weight is 356 g/mol. The monoisotopic (exact) mass is 354 g/mol. The molecule has 20 heavy (non-hydrogen) atoms. The van der Waals surface area contributed by atoms with Crippen molar-refractivity contribution >= 4 is 33.2 Å². The predicted molar refractivity (Wildman–Crippen MR) is 82.8 cm³/mol. The maximum atomic E-state index is 10.6. The van der Waals surface area contributed by atoms with E-state index >= 15 is 0 Å². The molecule has 0 fully saturated rings. The predicted octanol–water partition coefficient (Wildman–Crippen LogP) is 4.30. The molecule has 0 aliphatic rings. The third kappa shape index (κ3) is 4.03. The SMILES string of the molecule is O=[N+]([O-])c1ccc(CNCc2ccc(Cl)cc2Br)cc1. The zero-order chi connectivity index (χ0) is 14.5. The van der Waals surface area contributed by atoms with Gasteiger partial charge in [0.25, 0.3) is 5.69 Å². The van der Waals surface area contributed by atoms with Crippen LogP contribution in [0.2, 0.25) is 5.02 Å². The highest BCUT2D eigenvalue weighted by Gasteiger charge is 2.04. The molecule has 2 rings (SSSR count). The van der Waals surface area contributed by atoms with Crippen LogP contribution in [0.25, 0.3) is 0 Å². The lowest BCUT2D eigenvalue weighted by Gasteiger charge is -2.07. The molecule has 0 saturated heterocycles. The van der Waals surface area contributed by atoms with Gasteiger partial charge in [-0.1, -0.05) is 45.7 Å². The second-order valence-corrected chi connectivity index (χ2v) is 5.55. The summed E-state index contributed by atoms with van der Waals surface area (Å²) in [6.45, 7) is 1.34. The van der Waals surface area contributed by atoms with Crippen LogP contribution in [-0.4, -0.2) is 4.92 Å². The van der Waals surface area contributed by atoms with Crippen molar-refractivity contribution in [2.24, 2.45) is 0 Å². The number of hydrogen-bond donors (Lipinski definition) is 1. The molecule has 0 spiro atoms. The van der Waals surface area contributed by atoms with Crippen molar-refractivity contribution in [2.45, 2.75) is 13.1 Å². The number of nitrogens with one attached hydrogen (secondary N) is 1. The Balaban J connectivity index is 1.91. The van der Waals surface area contributed by atoms with E-state index in [-0.39, 0.29) is 5.69 Å². The van der Waals surface area contributed by atoms with E-state index in [4.69, 9.17) is 11.6 Å². The Kier molecular flexibility index (Phi) is 5.11. The topological polar surface area (TPSA) is 55.2 Å². The van der Waals surface area contributed by atoms with Gasteiger partial charge < -0.3 is 5.32 Å². The van der Waals surface area contributed by atoms with E-state index in [0.29, 0.717) is 18.1 Å². The Morgan fingerprint density at radius 3 is 2.45 bits per heavy atom. The smallest absolute Gasteiger partial charge is 0.269 e. The zero-order valence-corrected chi connectivity index (χ0v) is 12.8. The molecule has 0 radical (unpaired) electrons. The van der Waals surface area contributed by atoms with Crippen molar-refractivity contribution in [1.82, 2.24) is 5.32 Å². The number of hydrogen-bond acceptors (Lipinski definition) is 3. The van der Waals surface area contributed by atoms with Crippen molar-refractivity contribution in [3.05, 3.63) is 73.2 Å². The van der Waals surface area contributed by atoms with Gasteiger partial charge in [-0.25, -0.2) is 0 Å². The van der Waals surface area contributed by atoms with Crippen molar-refractivity contribution in [3.63, 3.8) is 0 Å². The maximum absolute atomic E-state index is 10.6. The quantitative estimate of drug-likeness (QED) is 0.642. The van der Waals surface area contributed by atoms with Crippen LogP contribution in [0, 0.1) is 10.1 Å². The fraction of sp³-hybridized carbons (Fsp3) is 0.143. The number of nitro groups is 1. The molecule has 0 aliphatic heterocycles. The molecule has 0 heterocycles. The number of benzene rings is 2. The van der Waals surface area contributed by atoms with Crippen LogP contribution in [-0.2, 0) is 13.1 Å². The molecule has 6 heteroatoms. The minimum atomic E-state index is -0.401. The molecule has 0 unspecified atom stereocenters. The molecular formula is C14H12BrClN2O2. The first kappa shape index (κ1) is 15.0. The van der Waals surface area contributed by atoms with Crippen molar-refractivity contribution in [2.75, 3.05) is 0 Å². The molecule has 2 aromatic carbocycles. The van der Waals surface area contributed by atoms with Crippen LogP contribution in [0.4, 0.5) is 5.69 Å². The Labute approximate surface area is 130 Å². The maximum Gasteiger partial charge on any atom is 0.269 e. The number of nitro benzene ring substituents is 1. The molecule has 4 nitrogen and oxygen atoms in total. The van der Waals surface area contributed by atoms with Gasteiger partial charge in [-0.2, -0.15) is 0 Å². The van der Waals surface area contributed by atoms with E-state index in [1.165, 1.54) is 12.1 Å². The molecule has 0 saturated carbocycles. The molecular weight excluding hydrogens is 344 g/mol. The van der Waals surface area contributed by atoms with E-state index in [0.717, 1.165) is 15.6 Å². The van der Waals surface area contributed by atoms with Gasteiger partial charge in [0, 0.05) is 34.7 Å². The highest BCUT2D eigenvalue weighted by Crippen LogP contribution is 2.21. The van der Waals surface area contributed by atoms with E-state index in [1.54, 1.807) is 12.1 Å². The van der Waals surface area contributed by atoms with Gasteiger partial charge in [0.05, 0.1) is 4.92 Å². The minimum Gasteiger partial charge on any atom is -0.309 e. The second-order valence-electron chi connectivity index (χ2n) is 4.26. The molecule has 0 atom stereocenters. The number of nitrogens with zero attached hydrogens (tertiary/aromatic N) is 1. The summed E-state index contributed by atoms with van der Waals surface area (Å²) in [5.74, 6) is 0. The van der Waals surface area contributed by atoms with Gasteiger partial charge in [0.2, 0.25) is 0 Å². The Morgan fingerprint density at radius 2 is 1.85 bits per heavy atom. The molecule has 104 valence electrons. The van der Waals surface area contributed by atoms with Crippen molar-refractivity contribution in [1.29, 1.82) is 0 Å². The summed E-state index contributed by atoms with van der Waals surface area (Å²) in [7, 11) is 0. The fourth-order valence-electron chi connectivity index (χ4n) is 1.74. The second kappa shape index (κ2) is 6.83. The summed E-state index contributed by atoms with van der Waals surface area (Å²) in [5, 5.41) is 14.5. The molecule has 0 bridgehead atoms. The summed E-state index contributed by atoms with van der Waals surface area (Å²) < 4.78 is 0.959. The van der Waals surface area contributed by atoms with Gasteiger partial charge in [-0.05, 0) is 23.3 Å². The van der Waals surface area contributed by atoms with E-state index in [1.807, 2.05) is 18.2 Å². The van der Waals surface area contributed by atoms with E-state index in [2.05, 4.69) is 21.2 Å². The Bertz CT molecular complexity index is 617. The van der Waals surface area contributed by atoms with Gasteiger partial charge in [0.1, 0.15) is 0 Å². The van der Waals surface area contributed by atoms with Gasteiger partial charge in [-0.3, -0.25) is 10.1 Å². The lowest BCUT2D eigenvalue weighted by Crippen LogP contribution is -2.13. The third-order valence-electron chi connectivity index (χ3n) is 2.81. The van der Waals surface area contributed by atoms with E-state index in [9.17, 15) is 10.1 Å². The summed E-state index contributed by atoms with van der Waals surface area (Å²) in [6, 6.07) is 12.2. The first-order valence-electron chi connectivity index (χ1n) is 5.94. The molecule has 1 N–H and O–H groups in total. The Morgan fingerprint density at radius 1 is 1.15 bits per heavy atom. The minimum absolute atomic E-state index is 0.106. The largest absolute Gasteiger partial charge is 0.309 e. The van der Waals surface area contributed by atoms with Crippen LogP contribution in [0.1, 0.15) is 11.1 Å². The van der Waals surface area contributed by atoms with Crippen LogP contribution in [0.15, 0.2) is 46.9 Å². The molecule has 0 amide bonds. The highest BCUT2D eigenvalue weighted by atomic mass is 79.9. The van der Waals surface area contributed by atoms with Crippen molar-refractivity contribution in [3.8, 4) is 0 Å². The standard InChI is InChI=1S/C14H12BrClN2O2/c15-14-7-12(16)4-3-11(14)9-17-8-10-1-5-13(6-2-10)18(19)20/h1-7,17H,8-9H2. The molecule has 0 aliphatic carbocycles. The number of rotatable bonds is 5. The summed E-state index contributed by atoms with van der Waals surface area (Å²) >= 11 is 9.34. The summed E-state index contributed by atoms with van der Waals surface area (Å²) in [5.41, 5.74) is 2.21. The summed E-state index contributed by atoms with van der Waals surface area (Å²) in [6.07, 6.45) is 0. The first-order valence-corrected chi connectivity index (χ1v) is 7.11. The van der Waals surface area contributed by atoms with Crippen LogP contribution < -0.4 is 5.32 Å². The summed E-state index contributed by atoms with van der Waals surface area (Å²) in [4.78, 5) is 10.1. The molecule has 2 aromatic rings. The van der Waals surface area contributed by atoms with Gasteiger partial charge >= 0.3 is 0 Å². The zero-order valence-electron chi connectivity index (χ0n) is 10.5. The lowest BCUT2D eigenvalue weighted by atomic mass is 10.2. The van der Waals surface area contributed by atoms with Crippen LogP contribution in [0.5, 0.6) is 0 Å². The number of non-ortho nitro benzene ring substituents is 1. The normalized spacial score (nSPS) is 10.5. The van der Waals surface area contributed by atoms with Crippen molar-refractivity contribution < 1.29 is 4.92 Å². The fourth-order valence-corrected chi connectivity index (χ4v) is 2.56. The third-order valence-corrected chi connectivity index (χ3v) is 3.78. The van der Waals surface area contributed by atoms with Gasteiger partial charge in [-0.15, -0.1) is 0 Å². The lowest BCUT2D eigenvalue weighted by molar-refractivity contribution is -0.384. The number of halogens is 2. The van der Waals surface area contributed by atoms with Crippen LogP contribution in [0.3, 0.4) is 0 Å². The Hall–Kier alpha value is -1.43. The van der Waals surface area contributed by atoms with E-state index < -0.39 is 4.92 Å².